The SMILES string of the molecule is CCN1CCC[C@H]1c1csc(Nc2ncccn2)n1. The molecule has 5 nitrogen and oxygen atoms in total. The second-order valence-corrected chi connectivity index (χ2v) is 5.42. The molecule has 19 heavy (non-hydrogen) atoms. The molecule has 0 amide bonds. The fourth-order valence-corrected chi connectivity index (χ4v) is 3.25. The maximum Gasteiger partial charge on any atom is 0.228 e. The van der Waals surface area contributed by atoms with Crippen LogP contribution >= 0.6 is 11.3 Å². The fraction of sp³-hybridized carbons (Fsp3) is 0.462. The van der Waals surface area contributed by atoms with Gasteiger partial charge in [-0.25, -0.2) is 15.0 Å². The number of aromatic nitrogens is 3. The minimum Gasteiger partial charge on any atom is -0.300 e. The van der Waals surface area contributed by atoms with Gasteiger partial charge in [-0.05, 0) is 32.0 Å². The molecule has 1 aliphatic heterocycles. The quantitative estimate of drug-likeness (QED) is 0.930. The van der Waals surface area contributed by atoms with Gasteiger partial charge < -0.3 is 5.32 Å². The Bertz CT molecular complexity index is 527. The lowest BCUT2D eigenvalue weighted by Crippen LogP contribution is -2.22. The van der Waals surface area contributed by atoms with Gasteiger partial charge in [-0.3, -0.25) is 4.90 Å². The Morgan fingerprint density at radius 2 is 2.26 bits per heavy atom. The van der Waals surface area contributed by atoms with Crippen molar-refractivity contribution in [3.8, 4) is 0 Å². The Labute approximate surface area is 116 Å². The van der Waals surface area contributed by atoms with Gasteiger partial charge in [0.2, 0.25) is 5.95 Å². The van der Waals surface area contributed by atoms with Crippen LogP contribution in [0.3, 0.4) is 0 Å². The minimum absolute atomic E-state index is 0.480. The molecule has 1 N–H and O–H groups in total. The highest BCUT2D eigenvalue weighted by molar-refractivity contribution is 7.13. The predicted molar refractivity (Wildman–Crippen MR) is 76.7 cm³/mol. The van der Waals surface area contributed by atoms with E-state index in [0.717, 1.165) is 11.7 Å². The fourth-order valence-electron chi connectivity index (χ4n) is 2.50. The number of likely N-dealkylation sites (tertiary alicyclic amines) is 1. The molecule has 1 aliphatic rings. The lowest BCUT2D eigenvalue weighted by Gasteiger charge is -2.20. The van der Waals surface area contributed by atoms with Crippen LogP contribution in [0.4, 0.5) is 11.1 Å². The molecule has 0 bridgehead atoms. The lowest BCUT2D eigenvalue weighted by molar-refractivity contribution is 0.268. The molecule has 0 aromatic carbocycles. The van der Waals surface area contributed by atoms with Gasteiger partial charge in [-0.2, -0.15) is 0 Å². The van der Waals surface area contributed by atoms with E-state index in [1.54, 1.807) is 29.8 Å². The first-order valence-corrected chi connectivity index (χ1v) is 7.48. The molecule has 0 aliphatic carbocycles. The summed E-state index contributed by atoms with van der Waals surface area (Å²) in [4.78, 5) is 15.4. The van der Waals surface area contributed by atoms with Crippen LogP contribution < -0.4 is 5.32 Å². The second-order valence-electron chi connectivity index (χ2n) is 4.56. The maximum atomic E-state index is 4.67. The smallest absolute Gasteiger partial charge is 0.228 e. The Morgan fingerprint density at radius 3 is 3.05 bits per heavy atom. The number of nitrogens with zero attached hydrogens (tertiary/aromatic N) is 4. The van der Waals surface area contributed by atoms with E-state index in [2.05, 4.69) is 37.5 Å². The van der Waals surface area contributed by atoms with E-state index in [0.29, 0.717) is 12.0 Å². The highest BCUT2D eigenvalue weighted by Crippen LogP contribution is 2.33. The summed E-state index contributed by atoms with van der Waals surface area (Å²) in [6, 6.07) is 2.28. The van der Waals surface area contributed by atoms with E-state index in [1.807, 2.05) is 0 Å². The van der Waals surface area contributed by atoms with Gasteiger partial charge in [-0.15, -0.1) is 11.3 Å². The topological polar surface area (TPSA) is 53.9 Å². The second kappa shape index (κ2) is 5.63. The Balaban J connectivity index is 1.73. The molecule has 100 valence electrons. The first-order valence-electron chi connectivity index (χ1n) is 6.60. The van der Waals surface area contributed by atoms with E-state index in [-0.39, 0.29) is 0 Å². The average Bonchev–Trinajstić information content (AvgIpc) is 3.07. The molecule has 1 fully saturated rings. The minimum atomic E-state index is 0.480. The maximum absolute atomic E-state index is 4.67. The van der Waals surface area contributed by atoms with Crippen molar-refractivity contribution < 1.29 is 0 Å². The zero-order valence-electron chi connectivity index (χ0n) is 10.9. The number of hydrogen-bond acceptors (Lipinski definition) is 6. The van der Waals surface area contributed by atoms with E-state index in [9.17, 15) is 0 Å². The number of thiazole rings is 1. The van der Waals surface area contributed by atoms with Gasteiger partial charge in [0.15, 0.2) is 5.13 Å². The summed E-state index contributed by atoms with van der Waals surface area (Å²) in [6.07, 6.45) is 5.92. The number of nitrogens with one attached hydrogen (secondary N) is 1. The van der Waals surface area contributed by atoms with Crippen molar-refractivity contribution >= 4 is 22.4 Å². The van der Waals surface area contributed by atoms with Crippen molar-refractivity contribution in [1.82, 2.24) is 19.9 Å². The summed E-state index contributed by atoms with van der Waals surface area (Å²) in [7, 11) is 0. The van der Waals surface area contributed by atoms with Gasteiger partial charge in [-0.1, -0.05) is 6.92 Å². The summed E-state index contributed by atoms with van der Waals surface area (Å²) in [5, 5.41) is 6.16. The van der Waals surface area contributed by atoms with Crippen LogP contribution in [0.1, 0.15) is 31.5 Å². The van der Waals surface area contributed by atoms with E-state index in [1.165, 1.54) is 25.1 Å². The number of rotatable bonds is 4. The average molecular weight is 275 g/mol. The van der Waals surface area contributed by atoms with Crippen LogP contribution in [0.15, 0.2) is 23.8 Å². The molecule has 6 heteroatoms. The van der Waals surface area contributed by atoms with Crippen molar-refractivity contribution in [3.05, 3.63) is 29.5 Å². The van der Waals surface area contributed by atoms with Crippen LogP contribution in [0.5, 0.6) is 0 Å². The summed E-state index contributed by atoms with van der Waals surface area (Å²) in [6.45, 7) is 4.48. The summed E-state index contributed by atoms with van der Waals surface area (Å²) >= 11 is 1.61. The zero-order chi connectivity index (χ0) is 13.1. The Kier molecular flexibility index (Phi) is 3.70. The number of hydrogen-bond donors (Lipinski definition) is 1. The Hall–Kier alpha value is -1.53. The molecule has 1 saturated heterocycles. The molecule has 0 saturated carbocycles. The summed E-state index contributed by atoms with van der Waals surface area (Å²) in [5.74, 6) is 0.599. The van der Waals surface area contributed by atoms with Crippen molar-refractivity contribution in [3.63, 3.8) is 0 Å². The standard InChI is InChI=1S/C13H17N5S/c1-2-18-8-3-5-11(18)10-9-19-13(16-10)17-12-14-6-4-7-15-12/h4,6-7,9,11H,2-3,5,8H2,1H3,(H,14,15,16,17)/t11-/m0/s1. The Morgan fingerprint density at radius 1 is 1.42 bits per heavy atom. The third kappa shape index (κ3) is 2.74. The highest BCUT2D eigenvalue weighted by Gasteiger charge is 2.26. The van der Waals surface area contributed by atoms with Gasteiger partial charge >= 0.3 is 0 Å². The van der Waals surface area contributed by atoms with Gasteiger partial charge in [0.1, 0.15) is 0 Å². The zero-order valence-corrected chi connectivity index (χ0v) is 11.7. The molecule has 0 radical (unpaired) electrons. The molecule has 3 rings (SSSR count). The first-order chi connectivity index (χ1) is 9.36. The summed E-state index contributed by atoms with van der Waals surface area (Å²) in [5.41, 5.74) is 1.17. The summed E-state index contributed by atoms with van der Waals surface area (Å²) < 4.78 is 0. The van der Waals surface area contributed by atoms with Crippen molar-refractivity contribution in [2.24, 2.45) is 0 Å². The van der Waals surface area contributed by atoms with Gasteiger partial charge in [0.05, 0.1) is 11.7 Å². The van der Waals surface area contributed by atoms with Gasteiger partial charge in [0.25, 0.3) is 0 Å². The van der Waals surface area contributed by atoms with E-state index in [4.69, 9.17) is 0 Å². The van der Waals surface area contributed by atoms with Crippen LogP contribution in [-0.4, -0.2) is 32.9 Å². The normalized spacial score (nSPS) is 19.7. The van der Waals surface area contributed by atoms with E-state index >= 15 is 0 Å². The monoisotopic (exact) mass is 275 g/mol. The molecule has 2 aromatic heterocycles. The van der Waals surface area contributed by atoms with Gasteiger partial charge in [0, 0.05) is 17.8 Å². The number of anilines is 2. The van der Waals surface area contributed by atoms with Crippen LogP contribution in [0, 0.1) is 0 Å². The van der Waals surface area contributed by atoms with Crippen LogP contribution in [0.2, 0.25) is 0 Å². The molecule has 3 heterocycles. The predicted octanol–water partition coefficient (Wildman–Crippen LogP) is 2.83. The van der Waals surface area contributed by atoms with Crippen LogP contribution in [-0.2, 0) is 0 Å². The van der Waals surface area contributed by atoms with E-state index < -0.39 is 0 Å². The molecule has 2 aromatic rings. The molecular weight excluding hydrogens is 258 g/mol. The van der Waals surface area contributed by atoms with Crippen molar-refractivity contribution in [1.29, 1.82) is 0 Å². The van der Waals surface area contributed by atoms with Crippen LogP contribution in [0.25, 0.3) is 0 Å². The first kappa shape index (κ1) is 12.5. The molecular formula is C13H17N5S. The lowest BCUT2D eigenvalue weighted by atomic mass is 10.2. The molecule has 0 unspecified atom stereocenters. The van der Waals surface area contributed by atoms with Crippen molar-refractivity contribution in [2.45, 2.75) is 25.8 Å². The largest absolute Gasteiger partial charge is 0.300 e. The molecule has 0 spiro atoms. The van der Waals surface area contributed by atoms with Crippen molar-refractivity contribution in [2.75, 3.05) is 18.4 Å². The third-order valence-electron chi connectivity index (χ3n) is 3.42. The molecule has 1 atom stereocenters. The third-order valence-corrected chi connectivity index (χ3v) is 4.19. The highest BCUT2D eigenvalue weighted by atomic mass is 32.1.